The molecule has 1 saturated carbocycles. The predicted octanol–water partition coefficient (Wildman–Crippen LogP) is 1.27. The molecule has 0 radical (unpaired) electrons. The number of aliphatic hydroxyl groups excluding tert-OH is 1. The molecule has 0 aromatic heterocycles. The Kier molecular flexibility index (Phi) is 5.92. The molecule has 0 bridgehead atoms. The lowest BCUT2D eigenvalue weighted by Gasteiger charge is -2.36. The van der Waals surface area contributed by atoms with E-state index >= 15 is 0 Å². The minimum atomic E-state index is -0.666. The average molecular weight is 242 g/mol. The van der Waals surface area contributed by atoms with Crippen molar-refractivity contribution >= 4 is 5.91 Å². The quantitative estimate of drug-likeness (QED) is 0.737. The molecular weight excluding hydrogens is 216 g/mol. The van der Waals surface area contributed by atoms with Crippen LogP contribution in [-0.2, 0) is 4.79 Å². The van der Waals surface area contributed by atoms with Crippen molar-refractivity contribution < 1.29 is 9.90 Å². The molecule has 3 N–H and O–H groups in total. The molecule has 1 fully saturated rings. The molecule has 1 aliphatic rings. The van der Waals surface area contributed by atoms with Crippen LogP contribution < -0.4 is 5.73 Å². The monoisotopic (exact) mass is 242 g/mol. The molecule has 4 nitrogen and oxygen atoms in total. The summed E-state index contributed by atoms with van der Waals surface area (Å²) in [5.41, 5.74) is 5.57. The van der Waals surface area contributed by atoms with Crippen LogP contribution in [0.15, 0.2) is 0 Å². The lowest BCUT2D eigenvalue weighted by atomic mass is 9.81. The minimum absolute atomic E-state index is 0.0194. The van der Waals surface area contributed by atoms with Gasteiger partial charge in [0, 0.05) is 13.1 Å². The topological polar surface area (TPSA) is 66.6 Å². The van der Waals surface area contributed by atoms with Crippen LogP contribution in [0.4, 0.5) is 0 Å². The number of unbranched alkanes of at least 4 members (excludes halogenated alkanes) is 1. The van der Waals surface area contributed by atoms with Crippen molar-refractivity contribution in [2.24, 2.45) is 5.73 Å². The fraction of sp³-hybridized carbons (Fsp3) is 0.923. The normalized spacial score (nSPS) is 19.0. The van der Waals surface area contributed by atoms with Crippen molar-refractivity contribution in [3.63, 3.8) is 0 Å². The summed E-state index contributed by atoms with van der Waals surface area (Å²) in [6.45, 7) is 3.25. The lowest BCUT2D eigenvalue weighted by Crippen LogP contribution is -2.57. The first-order chi connectivity index (χ1) is 8.14. The number of nitrogens with zero attached hydrogens (tertiary/aromatic N) is 1. The first kappa shape index (κ1) is 14.5. The van der Waals surface area contributed by atoms with E-state index < -0.39 is 5.54 Å². The van der Waals surface area contributed by atoms with Gasteiger partial charge in [-0.1, -0.05) is 32.6 Å². The number of rotatable bonds is 6. The van der Waals surface area contributed by atoms with Crippen LogP contribution in [-0.4, -0.2) is 41.1 Å². The fourth-order valence-corrected chi connectivity index (χ4v) is 2.50. The third-order valence-corrected chi connectivity index (χ3v) is 3.61. The van der Waals surface area contributed by atoms with Crippen molar-refractivity contribution in [3.8, 4) is 0 Å². The molecule has 0 aliphatic heterocycles. The zero-order valence-electron chi connectivity index (χ0n) is 11.0. The Balaban J connectivity index is 2.61. The maximum Gasteiger partial charge on any atom is 0.242 e. The number of amides is 1. The highest BCUT2D eigenvalue weighted by molar-refractivity contribution is 5.86. The Bertz CT molecular complexity index is 238. The number of carbonyl (C=O) groups excluding carboxylic acids is 1. The van der Waals surface area contributed by atoms with Crippen LogP contribution in [0.25, 0.3) is 0 Å². The van der Waals surface area contributed by atoms with Gasteiger partial charge in [0.25, 0.3) is 0 Å². The van der Waals surface area contributed by atoms with Crippen LogP contribution >= 0.6 is 0 Å². The van der Waals surface area contributed by atoms with Crippen molar-refractivity contribution in [3.05, 3.63) is 0 Å². The van der Waals surface area contributed by atoms with Gasteiger partial charge in [-0.05, 0) is 19.3 Å². The van der Waals surface area contributed by atoms with Gasteiger partial charge in [-0.25, -0.2) is 0 Å². The van der Waals surface area contributed by atoms with Crippen LogP contribution in [0.2, 0.25) is 0 Å². The van der Waals surface area contributed by atoms with E-state index in [1.807, 2.05) is 0 Å². The molecule has 1 rings (SSSR count). The SMILES string of the molecule is CCCCN(CCO)C(=O)C1(N)CCCCC1. The highest BCUT2D eigenvalue weighted by Gasteiger charge is 2.37. The minimum Gasteiger partial charge on any atom is -0.395 e. The highest BCUT2D eigenvalue weighted by Crippen LogP contribution is 2.27. The third kappa shape index (κ3) is 3.96. The maximum atomic E-state index is 12.4. The zero-order chi connectivity index (χ0) is 12.7. The van der Waals surface area contributed by atoms with Crippen LogP contribution in [0, 0.1) is 0 Å². The standard InChI is InChI=1S/C13H26N2O2/c1-2-3-9-15(10-11-16)12(17)13(14)7-5-4-6-8-13/h16H,2-11,14H2,1H3. The van der Waals surface area contributed by atoms with E-state index in [1.54, 1.807) is 4.90 Å². The predicted molar refractivity (Wildman–Crippen MR) is 68.6 cm³/mol. The third-order valence-electron chi connectivity index (χ3n) is 3.61. The molecular formula is C13H26N2O2. The van der Waals surface area contributed by atoms with Crippen LogP contribution in [0.5, 0.6) is 0 Å². The smallest absolute Gasteiger partial charge is 0.242 e. The van der Waals surface area contributed by atoms with Gasteiger partial charge in [-0.2, -0.15) is 0 Å². The summed E-state index contributed by atoms with van der Waals surface area (Å²) >= 11 is 0. The van der Waals surface area contributed by atoms with Gasteiger partial charge in [0.05, 0.1) is 12.1 Å². The van der Waals surface area contributed by atoms with Gasteiger partial charge in [-0.15, -0.1) is 0 Å². The van der Waals surface area contributed by atoms with Crippen molar-refractivity contribution in [2.45, 2.75) is 57.4 Å². The molecule has 1 aliphatic carbocycles. The second-order valence-electron chi connectivity index (χ2n) is 5.09. The van der Waals surface area contributed by atoms with Crippen molar-refractivity contribution in [1.82, 2.24) is 4.90 Å². The number of hydrogen-bond acceptors (Lipinski definition) is 3. The Hall–Kier alpha value is -0.610. The molecule has 0 heterocycles. The Labute approximate surface area is 104 Å². The highest BCUT2D eigenvalue weighted by atomic mass is 16.3. The van der Waals surface area contributed by atoms with E-state index in [1.165, 1.54) is 6.42 Å². The molecule has 0 aromatic rings. The summed E-state index contributed by atoms with van der Waals surface area (Å²) in [7, 11) is 0. The largest absolute Gasteiger partial charge is 0.395 e. The maximum absolute atomic E-state index is 12.4. The Morgan fingerprint density at radius 3 is 2.47 bits per heavy atom. The Morgan fingerprint density at radius 1 is 1.29 bits per heavy atom. The van der Waals surface area contributed by atoms with E-state index in [0.29, 0.717) is 6.54 Å². The first-order valence-corrected chi connectivity index (χ1v) is 6.83. The van der Waals surface area contributed by atoms with Crippen LogP contribution in [0.3, 0.4) is 0 Å². The van der Waals surface area contributed by atoms with E-state index in [4.69, 9.17) is 10.8 Å². The molecule has 4 heteroatoms. The van der Waals surface area contributed by atoms with Gasteiger partial charge >= 0.3 is 0 Å². The van der Waals surface area contributed by atoms with Crippen molar-refractivity contribution in [1.29, 1.82) is 0 Å². The van der Waals surface area contributed by atoms with E-state index in [2.05, 4.69) is 6.92 Å². The summed E-state index contributed by atoms with van der Waals surface area (Å²) in [4.78, 5) is 14.2. The second kappa shape index (κ2) is 6.97. The van der Waals surface area contributed by atoms with Gasteiger partial charge in [0.1, 0.15) is 0 Å². The summed E-state index contributed by atoms with van der Waals surface area (Å²) < 4.78 is 0. The number of carbonyl (C=O) groups is 1. The summed E-state index contributed by atoms with van der Waals surface area (Å²) in [5.74, 6) is 0.0414. The van der Waals surface area contributed by atoms with Gasteiger partial charge in [0.2, 0.25) is 5.91 Å². The van der Waals surface area contributed by atoms with E-state index in [-0.39, 0.29) is 12.5 Å². The Morgan fingerprint density at radius 2 is 1.94 bits per heavy atom. The molecule has 0 atom stereocenters. The molecule has 0 aromatic carbocycles. The van der Waals surface area contributed by atoms with Gasteiger partial charge in [0.15, 0.2) is 0 Å². The summed E-state index contributed by atoms with van der Waals surface area (Å²) in [6, 6.07) is 0. The molecule has 1 amide bonds. The van der Waals surface area contributed by atoms with Gasteiger partial charge < -0.3 is 15.7 Å². The second-order valence-corrected chi connectivity index (χ2v) is 5.09. The molecule has 100 valence electrons. The van der Waals surface area contributed by atoms with Gasteiger partial charge in [-0.3, -0.25) is 4.79 Å². The average Bonchev–Trinajstić information content (AvgIpc) is 2.34. The van der Waals surface area contributed by atoms with Crippen LogP contribution in [0.1, 0.15) is 51.9 Å². The summed E-state index contributed by atoms with van der Waals surface area (Å²) in [6.07, 6.45) is 6.88. The first-order valence-electron chi connectivity index (χ1n) is 6.83. The zero-order valence-corrected chi connectivity index (χ0v) is 11.0. The lowest BCUT2D eigenvalue weighted by molar-refractivity contribution is -0.138. The number of hydrogen-bond donors (Lipinski definition) is 2. The molecule has 0 spiro atoms. The number of nitrogens with two attached hydrogens (primary N) is 1. The van der Waals surface area contributed by atoms with E-state index in [9.17, 15) is 4.79 Å². The molecule has 0 unspecified atom stereocenters. The number of aliphatic hydroxyl groups is 1. The summed E-state index contributed by atoms with van der Waals surface area (Å²) in [5, 5.41) is 9.03. The van der Waals surface area contributed by atoms with Crippen molar-refractivity contribution in [2.75, 3.05) is 19.7 Å². The fourth-order valence-electron chi connectivity index (χ4n) is 2.50. The molecule has 0 saturated heterocycles. The molecule has 17 heavy (non-hydrogen) atoms. The van der Waals surface area contributed by atoms with E-state index in [0.717, 1.165) is 45.1 Å².